The first kappa shape index (κ1) is 27.4. The predicted molar refractivity (Wildman–Crippen MR) is 154 cm³/mol. The number of anilines is 2. The molecule has 1 aliphatic heterocycles. The second-order valence-corrected chi connectivity index (χ2v) is 10.6. The SMILES string of the molecule is CN(Cc1ccccc1)C(=O)c1cc(NC(=O)C2CCC2)ccc1N1CCCN(C(=O)c2cccc(F)c2)CC1. The summed E-state index contributed by atoms with van der Waals surface area (Å²) in [4.78, 5) is 45.1. The van der Waals surface area contributed by atoms with Crippen molar-refractivity contribution < 1.29 is 18.8 Å². The maximum absolute atomic E-state index is 13.8. The molecule has 5 rings (SSSR count). The molecule has 3 amide bonds. The van der Waals surface area contributed by atoms with E-state index in [9.17, 15) is 18.8 Å². The van der Waals surface area contributed by atoms with Crippen LogP contribution >= 0.6 is 0 Å². The van der Waals surface area contributed by atoms with Gasteiger partial charge in [-0.1, -0.05) is 42.8 Å². The van der Waals surface area contributed by atoms with Gasteiger partial charge >= 0.3 is 0 Å². The molecule has 1 N–H and O–H groups in total. The predicted octanol–water partition coefficient (Wildman–Crippen LogP) is 5.19. The number of amides is 3. The van der Waals surface area contributed by atoms with Crippen LogP contribution < -0.4 is 10.2 Å². The van der Waals surface area contributed by atoms with Gasteiger partial charge in [-0.25, -0.2) is 4.39 Å². The lowest BCUT2D eigenvalue weighted by molar-refractivity contribution is -0.122. The summed E-state index contributed by atoms with van der Waals surface area (Å²) in [6, 6.07) is 21.1. The molecule has 40 heavy (non-hydrogen) atoms. The molecule has 1 saturated heterocycles. The first-order valence-corrected chi connectivity index (χ1v) is 13.9. The van der Waals surface area contributed by atoms with Crippen molar-refractivity contribution in [2.45, 2.75) is 32.2 Å². The van der Waals surface area contributed by atoms with Crippen molar-refractivity contribution in [2.24, 2.45) is 5.92 Å². The van der Waals surface area contributed by atoms with E-state index in [1.807, 2.05) is 42.5 Å². The van der Waals surface area contributed by atoms with Gasteiger partial charge in [-0.3, -0.25) is 14.4 Å². The van der Waals surface area contributed by atoms with E-state index in [4.69, 9.17) is 0 Å². The maximum atomic E-state index is 13.8. The van der Waals surface area contributed by atoms with Crippen LogP contribution in [-0.4, -0.2) is 60.7 Å². The first-order valence-electron chi connectivity index (χ1n) is 13.9. The Labute approximate surface area is 234 Å². The molecule has 0 radical (unpaired) electrons. The van der Waals surface area contributed by atoms with Crippen molar-refractivity contribution in [3.8, 4) is 0 Å². The van der Waals surface area contributed by atoms with Crippen LogP contribution in [0.25, 0.3) is 0 Å². The van der Waals surface area contributed by atoms with Crippen molar-refractivity contribution in [1.29, 1.82) is 0 Å². The number of carbonyl (C=O) groups excluding carboxylic acids is 3. The molecule has 208 valence electrons. The second kappa shape index (κ2) is 12.3. The Morgan fingerprint density at radius 1 is 0.900 bits per heavy atom. The van der Waals surface area contributed by atoms with Crippen LogP contribution in [0, 0.1) is 11.7 Å². The van der Waals surface area contributed by atoms with Gasteiger partial charge in [-0.2, -0.15) is 0 Å². The Hall–Kier alpha value is -4.20. The van der Waals surface area contributed by atoms with E-state index < -0.39 is 5.82 Å². The molecule has 2 aliphatic rings. The first-order chi connectivity index (χ1) is 19.4. The third-order valence-corrected chi connectivity index (χ3v) is 7.78. The number of halogens is 1. The lowest BCUT2D eigenvalue weighted by Gasteiger charge is -2.28. The Kier molecular flexibility index (Phi) is 8.43. The summed E-state index contributed by atoms with van der Waals surface area (Å²) in [5.74, 6) is -0.748. The smallest absolute Gasteiger partial charge is 0.256 e. The molecule has 0 unspecified atom stereocenters. The Morgan fingerprint density at radius 3 is 2.42 bits per heavy atom. The molecular formula is C32H35FN4O3. The van der Waals surface area contributed by atoms with Crippen molar-refractivity contribution in [3.63, 3.8) is 0 Å². The summed E-state index contributed by atoms with van der Waals surface area (Å²) in [7, 11) is 1.78. The van der Waals surface area contributed by atoms with Gasteiger partial charge in [0.25, 0.3) is 11.8 Å². The zero-order chi connectivity index (χ0) is 28.1. The molecule has 8 heteroatoms. The molecule has 3 aromatic carbocycles. The van der Waals surface area contributed by atoms with Gasteiger partial charge in [0, 0.05) is 62.6 Å². The topological polar surface area (TPSA) is 73.0 Å². The van der Waals surface area contributed by atoms with Crippen LogP contribution in [0.2, 0.25) is 0 Å². The molecule has 1 heterocycles. The quantitative estimate of drug-likeness (QED) is 0.446. The molecule has 0 bridgehead atoms. The summed E-state index contributed by atoms with van der Waals surface area (Å²) in [6.07, 6.45) is 3.57. The Morgan fingerprint density at radius 2 is 1.70 bits per heavy atom. The van der Waals surface area contributed by atoms with E-state index in [1.165, 1.54) is 12.1 Å². The zero-order valence-corrected chi connectivity index (χ0v) is 22.8. The van der Waals surface area contributed by atoms with Crippen LogP contribution in [0.3, 0.4) is 0 Å². The number of benzene rings is 3. The number of nitrogens with zero attached hydrogens (tertiary/aromatic N) is 3. The fourth-order valence-electron chi connectivity index (χ4n) is 5.28. The molecule has 0 aromatic heterocycles. The Balaban J connectivity index is 1.37. The van der Waals surface area contributed by atoms with E-state index in [2.05, 4.69) is 10.2 Å². The lowest BCUT2D eigenvalue weighted by atomic mass is 9.85. The van der Waals surface area contributed by atoms with Crippen molar-refractivity contribution >= 4 is 29.1 Å². The fourth-order valence-corrected chi connectivity index (χ4v) is 5.28. The number of rotatable bonds is 7. The Bertz CT molecular complexity index is 1380. The molecule has 1 aliphatic carbocycles. The number of carbonyl (C=O) groups is 3. The van der Waals surface area contributed by atoms with Crippen LogP contribution in [0.5, 0.6) is 0 Å². The third-order valence-electron chi connectivity index (χ3n) is 7.78. The minimum atomic E-state index is -0.436. The zero-order valence-electron chi connectivity index (χ0n) is 22.8. The summed E-state index contributed by atoms with van der Waals surface area (Å²) < 4.78 is 13.7. The summed E-state index contributed by atoms with van der Waals surface area (Å²) >= 11 is 0. The second-order valence-electron chi connectivity index (χ2n) is 10.6. The monoisotopic (exact) mass is 542 g/mol. The molecule has 0 spiro atoms. The summed E-state index contributed by atoms with van der Waals surface area (Å²) in [5.41, 5.74) is 3.24. The highest BCUT2D eigenvalue weighted by atomic mass is 19.1. The average molecular weight is 543 g/mol. The van der Waals surface area contributed by atoms with Gasteiger partial charge < -0.3 is 20.0 Å². The lowest BCUT2D eigenvalue weighted by Crippen LogP contribution is -2.36. The minimum absolute atomic E-state index is 0.00341. The van der Waals surface area contributed by atoms with Gasteiger partial charge in [-0.15, -0.1) is 0 Å². The van der Waals surface area contributed by atoms with Gasteiger partial charge in [0.1, 0.15) is 5.82 Å². The van der Waals surface area contributed by atoms with Crippen LogP contribution in [-0.2, 0) is 11.3 Å². The number of hydrogen-bond acceptors (Lipinski definition) is 4. The molecule has 0 atom stereocenters. The van der Waals surface area contributed by atoms with Gasteiger partial charge in [-0.05, 0) is 61.2 Å². The van der Waals surface area contributed by atoms with E-state index >= 15 is 0 Å². The van der Waals surface area contributed by atoms with Crippen molar-refractivity contribution in [1.82, 2.24) is 9.80 Å². The molecular weight excluding hydrogens is 507 g/mol. The summed E-state index contributed by atoms with van der Waals surface area (Å²) in [5, 5.41) is 3.00. The van der Waals surface area contributed by atoms with Crippen LogP contribution in [0.4, 0.5) is 15.8 Å². The molecule has 7 nitrogen and oxygen atoms in total. The molecule has 1 saturated carbocycles. The normalized spacial score (nSPS) is 15.7. The number of nitrogens with one attached hydrogen (secondary N) is 1. The highest BCUT2D eigenvalue weighted by molar-refractivity contribution is 6.02. The molecule has 2 fully saturated rings. The fraction of sp³-hybridized carbons (Fsp3) is 0.344. The number of hydrogen-bond donors (Lipinski definition) is 1. The van der Waals surface area contributed by atoms with Gasteiger partial charge in [0.05, 0.1) is 5.56 Å². The average Bonchev–Trinajstić information content (AvgIpc) is 3.18. The van der Waals surface area contributed by atoms with Gasteiger partial charge in [0.15, 0.2) is 0 Å². The van der Waals surface area contributed by atoms with Crippen LogP contribution in [0.1, 0.15) is 52.0 Å². The standard InChI is InChI=1S/C32H35FN4O3/c1-35(22-23-8-3-2-4-9-23)32(40)28-21-27(34-30(38)24-10-5-11-24)14-15-29(28)36-16-7-17-37(19-18-36)31(39)25-12-6-13-26(33)20-25/h2-4,6,8-9,12-15,20-21,24H,5,7,10-11,16-19,22H2,1H3,(H,34,38). The highest BCUT2D eigenvalue weighted by Gasteiger charge is 2.27. The van der Waals surface area contributed by atoms with E-state index in [-0.39, 0.29) is 23.6 Å². The van der Waals surface area contributed by atoms with Crippen molar-refractivity contribution in [3.05, 3.63) is 95.3 Å². The largest absolute Gasteiger partial charge is 0.369 e. The molecule has 3 aromatic rings. The highest BCUT2D eigenvalue weighted by Crippen LogP contribution is 2.30. The van der Waals surface area contributed by atoms with Gasteiger partial charge in [0.2, 0.25) is 5.91 Å². The summed E-state index contributed by atoms with van der Waals surface area (Å²) in [6.45, 7) is 2.62. The third kappa shape index (κ3) is 6.33. The minimum Gasteiger partial charge on any atom is -0.369 e. The van der Waals surface area contributed by atoms with E-state index in [0.717, 1.165) is 30.5 Å². The maximum Gasteiger partial charge on any atom is 0.256 e. The van der Waals surface area contributed by atoms with E-state index in [1.54, 1.807) is 35.0 Å². The van der Waals surface area contributed by atoms with Crippen LogP contribution in [0.15, 0.2) is 72.8 Å². The van der Waals surface area contributed by atoms with Crippen molar-refractivity contribution in [2.75, 3.05) is 43.4 Å². The van der Waals surface area contributed by atoms with E-state index in [0.29, 0.717) is 56.0 Å².